The number of hydrogen-bond donors (Lipinski definition) is 0. The Morgan fingerprint density at radius 2 is 2.06 bits per heavy atom. The second-order valence-electron chi connectivity index (χ2n) is 6.84. The summed E-state index contributed by atoms with van der Waals surface area (Å²) in [5.41, 5.74) is 5.46. The van der Waals surface area contributed by atoms with E-state index in [0.717, 1.165) is 11.8 Å². The third kappa shape index (κ3) is 1.92. The molecule has 0 aliphatic heterocycles. The molecule has 0 N–H and O–H groups in total. The summed E-state index contributed by atoms with van der Waals surface area (Å²) >= 11 is 0. The Balaban J connectivity index is 2.07. The quantitative estimate of drug-likeness (QED) is 0.545. The largest absolute Gasteiger partial charge is 0.0833 e. The predicted molar refractivity (Wildman–Crippen MR) is 73.8 cm³/mol. The van der Waals surface area contributed by atoms with Crippen LogP contribution in [0, 0.1) is 17.3 Å². The molecule has 0 radical (unpaired) electrons. The van der Waals surface area contributed by atoms with E-state index in [1.807, 2.05) is 0 Å². The van der Waals surface area contributed by atoms with Crippen LogP contribution in [0.5, 0.6) is 0 Å². The fraction of sp³-hybridized carbons (Fsp3) is 0.647. The summed E-state index contributed by atoms with van der Waals surface area (Å²) in [6, 6.07) is 0. The van der Waals surface area contributed by atoms with Gasteiger partial charge in [-0.2, -0.15) is 0 Å². The Kier molecular flexibility index (Phi) is 2.57. The highest BCUT2D eigenvalue weighted by Gasteiger charge is 2.33. The topological polar surface area (TPSA) is 0 Å². The second kappa shape index (κ2) is 3.86. The lowest BCUT2D eigenvalue weighted by Gasteiger charge is -2.40. The molecule has 0 bridgehead atoms. The SMILES string of the molecule is CC1CC=CC2=C1CCC1CCC(C)(C)C=C21. The van der Waals surface area contributed by atoms with Crippen molar-refractivity contribution in [3.63, 3.8) is 0 Å². The average molecular weight is 228 g/mol. The molecule has 0 saturated heterocycles. The van der Waals surface area contributed by atoms with E-state index in [1.54, 1.807) is 16.7 Å². The molecule has 0 fully saturated rings. The van der Waals surface area contributed by atoms with E-state index in [4.69, 9.17) is 0 Å². The molecule has 0 nitrogen and oxygen atoms in total. The Hall–Kier alpha value is -0.780. The number of fused-ring (bicyclic) bond motifs is 2. The van der Waals surface area contributed by atoms with Crippen LogP contribution in [-0.4, -0.2) is 0 Å². The van der Waals surface area contributed by atoms with E-state index in [2.05, 4.69) is 39.0 Å². The summed E-state index contributed by atoms with van der Waals surface area (Å²) in [7, 11) is 0. The van der Waals surface area contributed by atoms with Gasteiger partial charge in [0.15, 0.2) is 0 Å². The van der Waals surface area contributed by atoms with Crippen molar-refractivity contribution >= 4 is 0 Å². The minimum atomic E-state index is 0.413. The highest BCUT2D eigenvalue weighted by Crippen LogP contribution is 2.48. The van der Waals surface area contributed by atoms with Gasteiger partial charge in [-0.25, -0.2) is 0 Å². The van der Waals surface area contributed by atoms with Gasteiger partial charge in [-0.05, 0) is 60.5 Å². The molecule has 92 valence electrons. The first-order chi connectivity index (χ1) is 8.07. The van der Waals surface area contributed by atoms with Crippen molar-refractivity contribution in [2.45, 2.75) is 52.9 Å². The predicted octanol–water partition coefficient (Wildman–Crippen LogP) is 5.04. The van der Waals surface area contributed by atoms with Crippen LogP contribution in [0.3, 0.4) is 0 Å². The fourth-order valence-corrected chi connectivity index (χ4v) is 3.81. The van der Waals surface area contributed by atoms with Crippen molar-refractivity contribution < 1.29 is 0 Å². The van der Waals surface area contributed by atoms with E-state index in [-0.39, 0.29) is 0 Å². The lowest BCUT2D eigenvalue weighted by atomic mass is 9.65. The molecular weight excluding hydrogens is 204 g/mol. The lowest BCUT2D eigenvalue weighted by Crippen LogP contribution is -2.25. The molecule has 0 aromatic heterocycles. The van der Waals surface area contributed by atoms with E-state index in [1.165, 1.54) is 32.1 Å². The van der Waals surface area contributed by atoms with Crippen molar-refractivity contribution in [3.8, 4) is 0 Å². The molecule has 0 amide bonds. The van der Waals surface area contributed by atoms with Gasteiger partial charge in [0.2, 0.25) is 0 Å². The van der Waals surface area contributed by atoms with Crippen molar-refractivity contribution in [2.75, 3.05) is 0 Å². The Morgan fingerprint density at radius 1 is 1.24 bits per heavy atom. The molecule has 3 aliphatic rings. The van der Waals surface area contributed by atoms with Crippen molar-refractivity contribution in [1.29, 1.82) is 0 Å². The normalized spacial score (nSPS) is 35.1. The molecular formula is C17H24. The molecule has 2 unspecified atom stereocenters. The van der Waals surface area contributed by atoms with Gasteiger partial charge in [-0.1, -0.05) is 44.6 Å². The maximum Gasteiger partial charge on any atom is -0.0156 e. The molecule has 0 heterocycles. The molecule has 0 spiro atoms. The van der Waals surface area contributed by atoms with Gasteiger partial charge in [-0.3, -0.25) is 0 Å². The van der Waals surface area contributed by atoms with E-state index < -0.39 is 0 Å². The lowest BCUT2D eigenvalue weighted by molar-refractivity contribution is 0.330. The molecule has 0 heteroatoms. The first kappa shape index (κ1) is 11.3. The zero-order chi connectivity index (χ0) is 12.0. The molecule has 2 atom stereocenters. The van der Waals surface area contributed by atoms with Crippen LogP contribution in [0.4, 0.5) is 0 Å². The van der Waals surface area contributed by atoms with Crippen molar-refractivity contribution in [3.05, 3.63) is 34.9 Å². The number of rotatable bonds is 0. The van der Waals surface area contributed by atoms with E-state index in [0.29, 0.717) is 5.41 Å². The van der Waals surface area contributed by atoms with E-state index >= 15 is 0 Å². The van der Waals surface area contributed by atoms with Gasteiger partial charge in [0.1, 0.15) is 0 Å². The monoisotopic (exact) mass is 228 g/mol. The summed E-state index contributed by atoms with van der Waals surface area (Å²) in [6.07, 6.45) is 14.1. The minimum Gasteiger partial charge on any atom is -0.0833 e. The zero-order valence-corrected chi connectivity index (χ0v) is 11.4. The molecule has 17 heavy (non-hydrogen) atoms. The minimum absolute atomic E-state index is 0.413. The summed E-state index contributed by atoms with van der Waals surface area (Å²) in [5.74, 6) is 1.64. The van der Waals surface area contributed by atoms with Gasteiger partial charge in [-0.15, -0.1) is 0 Å². The summed E-state index contributed by atoms with van der Waals surface area (Å²) in [6.45, 7) is 7.18. The van der Waals surface area contributed by atoms with Crippen LogP contribution in [0.2, 0.25) is 0 Å². The van der Waals surface area contributed by atoms with Gasteiger partial charge >= 0.3 is 0 Å². The van der Waals surface area contributed by atoms with Crippen molar-refractivity contribution in [2.24, 2.45) is 17.3 Å². The van der Waals surface area contributed by atoms with Gasteiger partial charge in [0, 0.05) is 0 Å². The maximum absolute atomic E-state index is 2.58. The second-order valence-corrected chi connectivity index (χ2v) is 6.84. The van der Waals surface area contributed by atoms with Crippen LogP contribution < -0.4 is 0 Å². The number of allylic oxidation sites excluding steroid dienone is 6. The summed E-state index contributed by atoms with van der Waals surface area (Å²) in [5, 5.41) is 0. The summed E-state index contributed by atoms with van der Waals surface area (Å²) in [4.78, 5) is 0. The third-order valence-electron chi connectivity index (χ3n) is 4.91. The molecule has 0 aromatic carbocycles. The maximum atomic E-state index is 2.58. The van der Waals surface area contributed by atoms with Gasteiger partial charge in [0.25, 0.3) is 0 Å². The van der Waals surface area contributed by atoms with Gasteiger partial charge < -0.3 is 0 Å². The first-order valence-corrected chi connectivity index (χ1v) is 7.19. The van der Waals surface area contributed by atoms with E-state index in [9.17, 15) is 0 Å². The summed E-state index contributed by atoms with van der Waals surface area (Å²) < 4.78 is 0. The molecule has 0 saturated carbocycles. The first-order valence-electron chi connectivity index (χ1n) is 7.19. The number of hydrogen-bond acceptors (Lipinski definition) is 0. The Morgan fingerprint density at radius 3 is 2.88 bits per heavy atom. The van der Waals surface area contributed by atoms with Crippen LogP contribution in [0.1, 0.15) is 52.9 Å². The van der Waals surface area contributed by atoms with Gasteiger partial charge in [0.05, 0.1) is 0 Å². The zero-order valence-electron chi connectivity index (χ0n) is 11.4. The Labute approximate surface area is 105 Å². The fourth-order valence-electron chi connectivity index (χ4n) is 3.81. The van der Waals surface area contributed by atoms with Crippen molar-refractivity contribution in [1.82, 2.24) is 0 Å². The molecule has 3 rings (SSSR count). The highest BCUT2D eigenvalue weighted by atomic mass is 14.4. The van der Waals surface area contributed by atoms with Crippen LogP contribution in [-0.2, 0) is 0 Å². The highest BCUT2D eigenvalue weighted by molar-refractivity contribution is 5.50. The molecule has 3 aliphatic carbocycles. The standard InChI is InChI=1S/C17H24/c1-12-5-4-6-15-14(12)8-7-13-9-10-17(2,3)11-16(13)15/h4,6,11-13H,5,7-10H2,1-3H3. The van der Waals surface area contributed by atoms with Crippen LogP contribution in [0.25, 0.3) is 0 Å². The van der Waals surface area contributed by atoms with Crippen LogP contribution >= 0.6 is 0 Å². The average Bonchev–Trinajstić information content (AvgIpc) is 2.28. The van der Waals surface area contributed by atoms with Crippen LogP contribution in [0.15, 0.2) is 34.9 Å². The molecule has 0 aromatic rings. The Bertz CT molecular complexity index is 417. The smallest absolute Gasteiger partial charge is 0.0156 e. The third-order valence-corrected chi connectivity index (χ3v) is 4.91.